The molecule has 1 aromatic carbocycles. The van der Waals surface area contributed by atoms with Gasteiger partial charge in [0.05, 0.1) is 31.0 Å². The maximum atomic E-state index is 12.5. The summed E-state index contributed by atoms with van der Waals surface area (Å²) in [5.74, 6) is 0. The Kier molecular flexibility index (Phi) is 7.10. The molecule has 0 atom stereocenters. The first-order valence-electron chi connectivity index (χ1n) is 12.0. The Morgan fingerprint density at radius 3 is 1.51 bits per heavy atom. The van der Waals surface area contributed by atoms with Gasteiger partial charge in [-0.15, -0.1) is 0 Å². The number of nitro groups is 4. The summed E-state index contributed by atoms with van der Waals surface area (Å²) in [6.07, 6.45) is 0. The number of nitrogens with one attached hydrogen (secondary N) is 2. The van der Waals surface area contributed by atoms with E-state index >= 15 is 0 Å². The Morgan fingerprint density at radius 1 is 0.535 bits per heavy atom. The monoisotopic (exact) mass is 622 g/mol. The van der Waals surface area contributed by atoms with Crippen LogP contribution < -0.4 is 0 Å². The maximum Gasteiger partial charge on any atom is 2.00 e. The van der Waals surface area contributed by atoms with Crippen molar-refractivity contribution < 1.29 is 36.8 Å². The molecule has 8 bridgehead atoms. The average molecular weight is 622 g/mol. The van der Waals surface area contributed by atoms with Crippen LogP contribution in [0.4, 0.5) is 5.69 Å². The van der Waals surface area contributed by atoms with E-state index in [0.29, 0.717) is 16.6 Å². The Balaban J connectivity index is 0.00000368. The zero-order chi connectivity index (χ0) is 29.7. The van der Waals surface area contributed by atoms with Crippen molar-refractivity contribution in [3.05, 3.63) is 142 Å². The Morgan fingerprint density at radius 2 is 1.00 bits per heavy atom. The molecule has 6 rings (SSSR count). The van der Waals surface area contributed by atoms with Crippen LogP contribution in [-0.2, 0) is 17.1 Å². The molecule has 17 heteroatoms. The molecule has 0 saturated carbocycles. The summed E-state index contributed by atoms with van der Waals surface area (Å²) in [7, 11) is 0. The number of benzene rings is 1. The van der Waals surface area contributed by atoms with Crippen molar-refractivity contribution in [1.82, 2.24) is 19.9 Å². The minimum atomic E-state index is -1.29. The van der Waals surface area contributed by atoms with Gasteiger partial charge in [0, 0.05) is 22.1 Å². The van der Waals surface area contributed by atoms with Gasteiger partial charge in [-0.05, 0) is 48.0 Å². The minimum Gasteiger partial charge on any atom is -0.355 e. The van der Waals surface area contributed by atoms with Crippen LogP contribution >= 0.6 is 0 Å². The molecule has 16 nitrogen and oxygen atoms in total. The fraction of sp³-hybridized carbons (Fsp3) is 0. The van der Waals surface area contributed by atoms with Gasteiger partial charge in [-0.25, -0.2) is 9.97 Å². The molecule has 2 N–H and O–H groups in total. The summed E-state index contributed by atoms with van der Waals surface area (Å²) in [4.78, 5) is 59.2. The third-order valence-corrected chi connectivity index (χ3v) is 6.47. The van der Waals surface area contributed by atoms with Gasteiger partial charge in [-0.2, -0.15) is 0 Å². The number of hydrogen-bond acceptors (Lipinski definition) is 10. The molecule has 0 radical (unpaired) electrons. The smallest absolute Gasteiger partial charge is 0.355 e. The molecule has 2 aliphatic heterocycles. The van der Waals surface area contributed by atoms with Crippen LogP contribution in [0.25, 0.3) is 44.7 Å². The van der Waals surface area contributed by atoms with E-state index in [0.717, 1.165) is 6.07 Å². The molecule has 2 aliphatic rings. The number of nitrogens with zero attached hydrogens (tertiary/aromatic N) is 6. The molecular weight excluding hydrogens is 608 g/mol. The van der Waals surface area contributed by atoms with Crippen LogP contribution in [0.3, 0.4) is 0 Å². The van der Waals surface area contributed by atoms with Crippen molar-refractivity contribution >= 4 is 50.4 Å². The van der Waals surface area contributed by atoms with Crippen LogP contribution in [0.5, 0.6) is 0 Å². The van der Waals surface area contributed by atoms with Gasteiger partial charge in [0.15, 0.2) is 5.69 Å². The summed E-state index contributed by atoms with van der Waals surface area (Å²) >= 11 is 0. The van der Waals surface area contributed by atoms with Crippen molar-refractivity contribution in [2.45, 2.75) is 0 Å². The molecule has 0 aliphatic carbocycles. The Hall–Kier alpha value is -6.06. The molecule has 0 amide bonds. The number of rotatable bonds is 5. The number of H-pyrrole nitrogens is 2. The number of fused-ring (bicyclic) bond motifs is 8. The SMILES string of the molecule is O=[N+]([O-])C1=C([N+](=O)[O-])c2nc1cc1ccc(cc3ccc(cc4nc(c2[N+](=O)[O-])C([N+](=O)[O-])=C4c2ccccc2)[nH]3)[nH]1.[Fe+2]. The van der Waals surface area contributed by atoms with Crippen LogP contribution in [0, 0.1) is 40.5 Å². The van der Waals surface area contributed by atoms with Gasteiger partial charge in [-0.3, -0.25) is 40.5 Å². The van der Waals surface area contributed by atoms with Crippen LogP contribution in [0.2, 0.25) is 0 Å². The van der Waals surface area contributed by atoms with Gasteiger partial charge in [0.25, 0.3) is 0 Å². The van der Waals surface area contributed by atoms with E-state index in [-0.39, 0.29) is 39.4 Å². The topological polar surface area (TPSA) is 230 Å². The zero-order valence-electron chi connectivity index (χ0n) is 21.2. The number of aromatic amines is 2. The first-order valence-corrected chi connectivity index (χ1v) is 12.0. The fourth-order valence-electron chi connectivity index (χ4n) is 4.83. The van der Waals surface area contributed by atoms with Gasteiger partial charge in [0.1, 0.15) is 0 Å². The molecule has 4 aromatic rings. The van der Waals surface area contributed by atoms with Crippen molar-refractivity contribution in [3.63, 3.8) is 0 Å². The third kappa shape index (κ3) is 4.90. The largest absolute Gasteiger partial charge is 2.00 e. The van der Waals surface area contributed by atoms with E-state index in [9.17, 15) is 40.5 Å². The summed E-state index contributed by atoms with van der Waals surface area (Å²) in [5.41, 5.74) is -4.90. The summed E-state index contributed by atoms with van der Waals surface area (Å²) < 4.78 is 0. The zero-order valence-corrected chi connectivity index (χ0v) is 22.3. The predicted molar refractivity (Wildman–Crippen MR) is 148 cm³/mol. The summed E-state index contributed by atoms with van der Waals surface area (Å²) in [6.45, 7) is 0. The first-order chi connectivity index (χ1) is 20.1. The quantitative estimate of drug-likeness (QED) is 0.175. The second-order valence-corrected chi connectivity index (χ2v) is 9.03. The van der Waals surface area contributed by atoms with Gasteiger partial charge in [-0.1, -0.05) is 30.3 Å². The fourth-order valence-corrected chi connectivity index (χ4v) is 4.83. The van der Waals surface area contributed by atoms with E-state index in [1.54, 1.807) is 42.5 Å². The Labute approximate surface area is 248 Å². The second kappa shape index (κ2) is 10.7. The van der Waals surface area contributed by atoms with Crippen LogP contribution in [0.1, 0.15) is 28.3 Å². The summed E-state index contributed by atoms with van der Waals surface area (Å²) in [5, 5.41) is 49.2. The Bertz CT molecular complexity index is 2120. The molecule has 0 spiro atoms. The summed E-state index contributed by atoms with van der Waals surface area (Å²) in [6, 6.07) is 18.8. The molecule has 0 fully saturated rings. The average Bonchev–Trinajstić information content (AvgIpc) is 3.71. The second-order valence-electron chi connectivity index (χ2n) is 9.03. The van der Waals surface area contributed by atoms with Gasteiger partial charge >= 0.3 is 39.8 Å². The van der Waals surface area contributed by atoms with Crippen molar-refractivity contribution in [2.24, 2.45) is 0 Å². The molecule has 43 heavy (non-hydrogen) atoms. The van der Waals surface area contributed by atoms with E-state index in [4.69, 9.17) is 0 Å². The van der Waals surface area contributed by atoms with Gasteiger partial charge in [0.2, 0.25) is 11.4 Å². The molecule has 212 valence electrons. The van der Waals surface area contributed by atoms with E-state index in [2.05, 4.69) is 19.9 Å². The van der Waals surface area contributed by atoms with Crippen LogP contribution in [0.15, 0.2) is 72.8 Å². The third-order valence-electron chi connectivity index (χ3n) is 6.47. The normalized spacial score (nSPS) is 12.6. The first kappa shape index (κ1) is 28.5. The number of hydrogen-bond donors (Lipinski definition) is 2. The minimum absolute atomic E-state index is 0. The van der Waals surface area contributed by atoms with Gasteiger partial charge < -0.3 is 9.97 Å². The molecule has 3 aromatic heterocycles. The maximum absolute atomic E-state index is 12.5. The van der Waals surface area contributed by atoms with Crippen LogP contribution in [-0.4, -0.2) is 39.6 Å². The van der Waals surface area contributed by atoms with E-state index in [1.165, 1.54) is 24.3 Å². The van der Waals surface area contributed by atoms with Crippen molar-refractivity contribution in [2.75, 3.05) is 0 Å². The molecule has 0 unspecified atom stereocenters. The number of aromatic nitrogens is 4. The predicted octanol–water partition coefficient (Wildman–Crippen LogP) is 4.79. The van der Waals surface area contributed by atoms with E-state index < -0.39 is 59.6 Å². The molecular formula is C26H14FeN8O8+2. The van der Waals surface area contributed by atoms with E-state index in [1.807, 2.05) is 0 Å². The van der Waals surface area contributed by atoms with Crippen molar-refractivity contribution in [1.29, 1.82) is 0 Å². The molecule has 0 saturated heterocycles. The molecule has 5 heterocycles. The standard InChI is InChI=1S/C26H14N8O8.Fe/c35-31(36)23-19-12-17-9-7-15(28-17)10-14-6-8-16(27-14)11-18-20(13-4-2-1-3-5-13)24(32(37)38)21(29-18)25(33(39)40)22(30-19)26(23)34(41)42;/h1-12,27-28H;/q;+2. The van der Waals surface area contributed by atoms with Crippen molar-refractivity contribution in [3.8, 4) is 0 Å².